The van der Waals surface area contributed by atoms with Gasteiger partial charge in [0.15, 0.2) is 5.82 Å². The van der Waals surface area contributed by atoms with E-state index < -0.39 is 0 Å². The molecule has 1 aliphatic carbocycles. The molecule has 1 saturated carbocycles. The van der Waals surface area contributed by atoms with Crippen LogP contribution < -0.4 is 5.32 Å². The Morgan fingerprint density at radius 2 is 2.13 bits per heavy atom. The van der Waals surface area contributed by atoms with Gasteiger partial charge < -0.3 is 5.32 Å². The third kappa shape index (κ3) is 2.86. The van der Waals surface area contributed by atoms with Crippen LogP contribution >= 0.6 is 0 Å². The molecule has 23 heavy (non-hydrogen) atoms. The Morgan fingerprint density at radius 3 is 2.87 bits per heavy atom. The van der Waals surface area contributed by atoms with Crippen LogP contribution in [0.4, 0.5) is 5.82 Å². The topological polar surface area (TPSA) is 63.1 Å². The molecule has 1 aliphatic heterocycles. The Hall–Kier alpha value is -2.21. The molecule has 0 saturated heterocycles. The minimum absolute atomic E-state index is 0.138. The maximum Gasteiger partial charge on any atom is 0.258 e. The molecular formula is C17H21N5O. The van der Waals surface area contributed by atoms with E-state index in [9.17, 15) is 4.79 Å². The molecule has 120 valence electrons. The van der Waals surface area contributed by atoms with Crippen LogP contribution in [0.25, 0.3) is 0 Å². The van der Waals surface area contributed by atoms with Crippen molar-refractivity contribution >= 4 is 11.7 Å². The van der Waals surface area contributed by atoms with Gasteiger partial charge in [0.1, 0.15) is 0 Å². The standard InChI is InChI=1S/C17H21N5O/c1-11-14(5-6-15(18-11)12-3-4-12)17(23)19-16-9-13-10-21(2)7-8-22(13)20-16/h5-6,9,12H,3-4,7-8,10H2,1-2H3,(H,19,20,23). The monoisotopic (exact) mass is 311 g/mol. The summed E-state index contributed by atoms with van der Waals surface area (Å²) in [4.78, 5) is 19.3. The fourth-order valence-corrected chi connectivity index (χ4v) is 3.07. The minimum atomic E-state index is -0.138. The zero-order valence-corrected chi connectivity index (χ0v) is 13.5. The molecule has 0 bridgehead atoms. The number of rotatable bonds is 3. The third-order valence-corrected chi connectivity index (χ3v) is 4.58. The highest BCUT2D eigenvalue weighted by molar-refractivity contribution is 6.04. The zero-order valence-electron chi connectivity index (χ0n) is 13.5. The lowest BCUT2D eigenvalue weighted by Gasteiger charge is -2.22. The molecule has 2 aromatic heterocycles. The summed E-state index contributed by atoms with van der Waals surface area (Å²) in [7, 11) is 2.09. The van der Waals surface area contributed by atoms with Gasteiger partial charge >= 0.3 is 0 Å². The Labute approximate surface area is 135 Å². The molecule has 0 unspecified atom stereocenters. The molecular weight excluding hydrogens is 290 g/mol. The Kier molecular flexibility index (Phi) is 3.41. The second-order valence-corrected chi connectivity index (χ2v) is 6.58. The molecule has 1 amide bonds. The van der Waals surface area contributed by atoms with Gasteiger partial charge in [-0.15, -0.1) is 0 Å². The van der Waals surface area contributed by atoms with E-state index in [4.69, 9.17) is 0 Å². The van der Waals surface area contributed by atoms with Crippen LogP contribution in [0.2, 0.25) is 0 Å². The number of nitrogens with one attached hydrogen (secondary N) is 1. The molecule has 1 N–H and O–H groups in total. The van der Waals surface area contributed by atoms with Crippen molar-refractivity contribution in [1.82, 2.24) is 19.7 Å². The molecule has 6 heteroatoms. The summed E-state index contributed by atoms with van der Waals surface area (Å²) >= 11 is 0. The van der Waals surface area contributed by atoms with E-state index in [1.165, 1.54) is 12.8 Å². The maximum atomic E-state index is 12.5. The molecule has 4 rings (SSSR count). The van der Waals surface area contributed by atoms with E-state index in [0.717, 1.165) is 36.7 Å². The van der Waals surface area contributed by atoms with Crippen LogP contribution in [0.3, 0.4) is 0 Å². The summed E-state index contributed by atoms with van der Waals surface area (Å²) < 4.78 is 1.97. The van der Waals surface area contributed by atoms with Crippen LogP contribution in [0.15, 0.2) is 18.2 Å². The highest BCUT2D eigenvalue weighted by Crippen LogP contribution is 2.39. The van der Waals surface area contributed by atoms with Crippen LogP contribution in [-0.4, -0.2) is 39.2 Å². The molecule has 0 radical (unpaired) electrons. The largest absolute Gasteiger partial charge is 0.305 e. The summed E-state index contributed by atoms with van der Waals surface area (Å²) in [5.74, 6) is 1.08. The van der Waals surface area contributed by atoms with Gasteiger partial charge in [0, 0.05) is 30.8 Å². The van der Waals surface area contributed by atoms with Gasteiger partial charge in [0.05, 0.1) is 23.5 Å². The SMILES string of the molecule is Cc1nc(C2CC2)ccc1C(=O)Nc1cc2n(n1)CCN(C)C2. The summed E-state index contributed by atoms with van der Waals surface area (Å²) in [5.41, 5.74) is 3.65. The molecule has 3 heterocycles. The van der Waals surface area contributed by atoms with E-state index >= 15 is 0 Å². The number of nitrogens with zero attached hydrogens (tertiary/aromatic N) is 4. The maximum absolute atomic E-state index is 12.5. The van der Waals surface area contributed by atoms with Crippen LogP contribution in [0, 0.1) is 6.92 Å². The number of carbonyl (C=O) groups is 1. The summed E-state index contributed by atoms with van der Waals surface area (Å²) in [5, 5.41) is 7.38. The quantitative estimate of drug-likeness (QED) is 0.943. The van der Waals surface area contributed by atoms with Crippen molar-refractivity contribution in [3.8, 4) is 0 Å². The van der Waals surface area contributed by atoms with Gasteiger partial charge in [-0.05, 0) is 38.9 Å². The van der Waals surface area contributed by atoms with Crippen molar-refractivity contribution in [2.75, 3.05) is 18.9 Å². The molecule has 0 spiro atoms. The van der Waals surface area contributed by atoms with Gasteiger partial charge in [0.2, 0.25) is 0 Å². The molecule has 6 nitrogen and oxygen atoms in total. The van der Waals surface area contributed by atoms with Gasteiger partial charge in [-0.25, -0.2) is 0 Å². The number of aromatic nitrogens is 3. The van der Waals surface area contributed by atoms with E-state index in [1.807, 2.05) is 29.8 Å². The smallest absolute Gasteiger partial charge is 0.258 e. The van der Waals surface area contributed by atoms with Crippen molar-refractivity contribution in [1.29, 1.82) is 0 Å². The lowest BCUT2D eigenvalue weighted by molar-refractivity contribution is 0.102. The fraction of sp³-hybridized carbons (Fsp3) is 0.471. The molecule has 2 aromatic rings. The number of hydrogen-bond donors (Lipinski definition) is 1. The van der Waals surface area contributed by atoms with Gasteiger partial charge in [-0.3, -0.25) is 19.4 Å². The first-order chi connectivity index (χ1) is 11.1. The predicted octanol–water partition coefficient (Wildman–Crippen LogP) is 2.16. The lowest BCUT2D eigenvalue weighted by atomic mass is 10.1. The molecule has 0 atom stereocenters. The second-order valence-electron chi connectivity index (χ2n) is 6.58. The lowest BCUT2D eigenvalue weighted by Crippen LogP contribution is -2.30. The first kappa shape index (κ1) is 14.4. The first-order valence-corrected chi connectivity index (χ1v) is 8.14. The van der Waals surface area contributed by atoms with E-state index in [-0.39, 0.29) is 5.91 Å². The summed E-state index contributed by atoms with van der Waals surface area (Å²) in [6, 6.07) is 5.82. The third-order valence-electron chi connectivity index (χ3n) is 4.58. The molecule has 0 aromatic carbocycles. The number of fused-ring (bicyclic) bond motifs is 1. The van der Waals surface area contributed by atoms with E-state index in [2.05, 4.69) is 27.3 Å². The van der Waals surface area contributed by atoms with Crippen molar-refractivity contribution < 1.29 is 4.79 Å². The van der Waals surface area contributed by atoms with Crippen molar-refractivity contribution in [3.63, 3.8) is 0 Å². The Bertz CT molecular complexity index is 762. The number of likely N-dealkylation sites (N-methyl/N-ethyl adjacent to an activating group) is 1. The number of carbonyl (C=O) groups excluding carboxylic acids is 1. The highest BCUT2D eigenvalue weighted by Gasteiger charge is 2.26. The second kappa shape index (κ2) is 5.45. The minimum Gasteiger partial charge on any atom is -0.305 e. The number of amides is 1. The average molecular weight is 311 g/mol. The fourth-order valence-electron chi connectivity index (χ4n) is 3.07. The number of aryl methyl sites for hydroxylation is 1. The molecule has 2 aliphatic rings. The highest BCUT2D eigenvalue weighted by atomic mass is 16.1. The molecule has 1 fully saturated rings. The van der Waals surface area contributed by atoms with Gasteiger partial charge in [0.25, 0.3) is 5.91 Å². The van der Waals surface area contributed by atoms with Crippen molar-refractivity contribution in [3.05, 3.63) is 40.8 Å². The van der Waals surface area contributed by atoms with Crippen molar-refractivity contribution in [2.45, 2.75) is 38.8 Å². The summed E-state index contributed by atoms with van der Waals surface area (Å²) in [6.45, 7) is 4.60. The van der Waals surface area contributed by atoms with Crippen LogP contribution in [-0.2, 0) is 13.1 Å². The van der Waals surface area contributed by atoms with E-state index in [0.29, 0.717) is 17.3 Å². The van der Waals surface area contributed by atoms with Crippen molar-refractivity contribution in [2.24, 2.45) is 0 Å². The Morgan fingerprint density at radius 1 is 1.30 bits per heavy atom. The van der Waals surface area contributed by atoms with E-state index in [1.54, 1.807) is 0 Å². The Balaban J connectivity index is 1.51. The summed E-state index contributed by atoms with van der Waals surface area (Å²) in [6.07, 6.45) is 2.43. The number of pyridine rings is 1. The van der Waals surface area contributed by atoms with Gasteiger partial charge in [-0.2, -0.15) is 5.10 Å². The first-order valence-electron chi connectivity index (χ1n) is 8.14. The average Bonchev–Trinajstić information content (AvgIpc) is 3.28. The number of anilines is 1. The number of hydrogen-bond acceptors (Lipinski definition) is 4. The normalized spacial score (nSPS) is 17.8. The van der Waals surface area contributed by atoms with Crippen LogP contribution in [0.5, 0.6) is 0 Å². The zero-order chi connectivity index (χ0) is 16.0. The van der Waals surface area contributed by atoms with Crippen LogP contribution in [0.1, 0.15) is 46.2 Å². The predicted molar refractivity (Wildman–Crippen MR) is 87.5 cm³/mol. The van der Waals surface area contributed by atoms with Gasteiger partial charge in [-0.1, -0.05) is 0 Å².